The first-order valence-corrected chi connectivity index (χ1v) is 30.7. The maximum absolute atomic E-state index is 7.55. The molecule has 0 atom stereocenters. The van der Waals surface area contributed by atoms with E-state index < -0.39 is 0 Å². The lowest BCUT2D eigenvalue weighted by Crippen LogP contribution is -2.57. The predicted molar refractivity (Wildman–Crippen MR) is 368 cm³/mol. The Bertz CT molecular complexity index is 4700. The van der Waals surface area contributed by atoms with Gasteiger partial charge in [0.15, 0.2) is 0 Å². The van der Waals surface area contributed by atoms with Crippen molar-refractivity contribution in [3.8, 4) is 23.0 Å². The molecule has 10 heteroatoms. The second kappa shape index (κ2) is 21.5. The van der Waals surface area contributed by atoms with E-state index in [4.69, 9.17) is 9.47 Å². The molecular weight excluding hydrogens is 1090 g/mol. The van der Waals surface area contributed by atoms with Crippen LogP contribution in [0.5, 0.6) is 23.0 Å². The third-order valence-corrected chi connectivity index (χ3v) is 18.4. The molecule has 17 rings (SSSR count). The van der Waals surface area contributed by atoms with Gasteiger partial charge in [-0.25, -0.2) is 0 Å². The number of ether oxygens (including phenoxy) is 2. The van der Waals surface area contributed by atoms with Gasteiger partial charge in [-0.1, -0.05) is 187 Å². The normalized spacial score (nSPS) is 12.7. The Morgan fingerprint density at radius 2 is 0.784 bits per heavy atom. The highest BCUT2D eigenvalue weighted by Gasteiger charge is 2.44. The summed E-state index contributed by atoms with van der Waals surface area (Å²) < 4.78 is 15.1. The van der Waals surface area contributed by atoms with Crippen LogP contribution in [0.25, 0.3) is 0 Å². The average Bonchev–Trinajstić information content (AvgIpc) is 0.833. The average molecular weight is 1150 g/mol. The van der Waals surface area contributed by atoms with Gasteiger partial charge in [0.1, 0.15) is 23.0 Å². The van der Waals surface area contributed by atoms with Gasteiger partial charge in [-0.2, -0.15) is 0 Å². The third-order valence-electron chi connectivity index (χ3n) is 17.3. The van der Waals surface area contributed by atoms with Crippen LogP contribution >= 0.6 is 11.8 Å². The Morgan fingerprint density at radius 1 is 0.330 bits per heavy atom. The first kappa shape index (κ1) is 51.4. The fourth-order valence-electron chi connectivity index (χ4n) is 13.5. The maximum atomic E-state index is 7.55. The number of anilines is 15. The summed E-state index contributed by atoms with van der Waals surface area (Å²) in [7, 11) is 0.706. The van der Waals surface area contributed by atoms with Gasteiger partial charge in [0.05, 0.1) is 27.6 Å². The number of rotatable bonds is 11. The van der Waals surface area contributed by atoms with E-state index in [0.717, 1.165) is 134 Å². The summed E-state index contributed by atoms with van der Waals surface area (Å²) in [5.41, 5.74) is 21.3. The second-order valence-corrected chi connectivity index (χ2v) is 23.5. The van der Waals surface area contributed by atoms with Crippen molar-refractivity contribution in [2.45, 2.75) is 9.79 Å². The minimum atomic E-state index is -0.238. The standard InChI is InChI=1S/C78H53B2N5O2S/c1-8-26-53(27-9-1)81(54-28-10-2-11-29-54)61-48-69(75-70(49-61)84(58-36-18-6-19-37-58)66-41-23-22-40-63(66)79-75)83(57-34-16-5-17-35-57)60-44-45-64-71(50-60)86-72-51-62(82(55-30-12-3-13-31-55)56-32-14-4-15-33-56)52-73-76(72)80(64)65-46-47-68-78(77(65)87-73)88-74-43-25-24-42-67(74)85(68)59-38-20-7-21-39-59/h1-52,79H. The summed E-state index contributed by atoms with van der Waals surface area (Å²) in [5.74, 6) is 3.12. The van der Waals surface area contributed by atoms with E-state index in [1.807, 2.05) is 0 Å². The van der Waals surface area contributed by atoms with Crippen LogP contribution in [0, 0.1) is 0 Å². The highest BCUT2D eigenvalue weighted by molar-refractivity contribution is 8.00. The Balaban J connectivity index is 0.899. The summed E-state index contributed by atoms with van der Waals surface area (Å²) in [5, 5.41) is 0. The van der Waals surface area contributed by atoms with Crippen molar-refractivity contribution in [2.75, 3.05) is 24.5 Å². The van der Waals surface area contributed by atoms with E-state index in [1.165, 1.54) is 10.9 Å². The molecule has 4 aliphatic rings. The monoisotopic (exact) mass is 1150 g/mol. The number of benzene rings is 13. The van der Waals surface area contributed by atoms with E-state index in [0.29, 0.717) is 7.28 Å². The van der Waals surface area contributed by atoms with Gasteiger partial charge in [0.2, 0.25) is 7.28 Å². The molecule has 0 saturated carbocycles. The van der Waals surface area contributed by atoms with E-state index in [2.05, 4.69) is 340 Å². The van der Waals surface area contributed by atoms with Crippen molar-refractivity contribution < 1.29 is 9.47 Å². The van der Waals surface area contributed by atoms with Gasteiger partial charge in [-0.3, -0.25) is 0 Å². The van der Waals surface area contributed by atoms with Crippen molar-refractivity contribution in [1.82, 2.24) is 0 Å². The highest BCUT2D eigenvalue weighted by Crippen LogP contribution is 2.56. The molecule has 4 heterocycles. The van der Waals surface area contributed by atoms with Gasteiger partial charge >= 0.3 is 0 Å². The Morgan fingerprint density at radius 3 is 1.36 bits per heavy atom. The van der Waals surface area contributed by atoms with E-state index >= 15 is 0 Å². The molecule has 0 fully saturated rings. The number of hydrogen-bond acceptors (Lipinski definition) is 8. The Kier molecular flexibility index (Phi) is 12.5. The van der Waals surface area contributed by atoms with Crippen molar-refractivity contribution in [3.63, 3.8) is 0 Å². The Labute approximate surface area is 517 Å². The van der Waals surface area contributed by atoms with Crippen LogP contribution in [-0.2, 0) is 0 Å². The number of hydrogen-bond donors (Lipinski definition) is 0. The number of fused-ring (bicyclic) bond motifs is 9. The van der Waals surface area contributed by atoms with Crippen LogP contribution in [0.1, 0.15) is 0 Å². The molecule has 0 saturated heterocycles. The molecule has 0 N–H and O–H groups in total. The summed E-state index contributed by atoms with van der Waals surface area (Å²) >= 11 is 1.78. The molecule has 0 bridgehead atoms. The zero-order chi connectivity index (χ0) is 58.1. The zero-order valence-electron chi connectivity index (χ0n) is 47.8. The lowest BCUT2D eigenvalue weighted by atomic mass is 9.35. The van der Waals surface area contributed by atoms with Gasteiger partial charge in [-0.05, 0) is 144 Å². The predicted octanol–water partition coefficient (Wildman–Crippen LogP) is 17.9. The molecule has 0 unspecified atom stereocenters. The molecule has 13 aromatic carbocycles. The van der Waals surface area contributed by atoms with Crippen LogP contribution < -0.4 is 61.3 Å². The molecule has 88 heavy (non-hydrogen) atoms. The van der Waals surface area contributed by atoms with E-state index in [-0.39, 0.29) is 6.71 Å². The molecule has 7 nitrogen and oxygen atoms in total. The van der Waals surface area contributed by atoms with Crippen LogP contribution in [0.15, 0.2) is 325 Å². The summed E-state index contributed by atoms with van der Waals surface area (Å²) in [4.78, 5) is 14.2. The van der Waals surface area contributed by atoms with Crippen molar-refractivity contribution in [1.29, 1.82) is 0 Å². The smallest absolute Gasteiger partial charge is 0.260 e. The minimum Gasteiger partial charge on any atom is -0.458 e. The van der Waals surface area contributed by atoms with Gasteiger partial charge in [0, 0.05) is 91.1 Å². The first-order chi connectivity index (χ1) is 43.7. The second-order valence-electron chi connectivity index (χ2n) is 22.4. The molecular formula is C78H53B2N5O2S. The topological polar surface area (TPSA) is 34.7 Å². The van der Waals surface area contributed by atoms with Gasteiger partial charge < -0.3 is 34.0 Å². The SMILES string of the molecule is B1c2ccccc2N(c2ccccc2)c2cc(N(c3ccccc3)c3ccccc3)cc(N(c3ccccc3)c3ccc4c(c3)Oc3cc(N(c5ccccc5)c5ccccc5)cc5c3B4c3ccc4c(c3O5)Sc3ccccc3N4c3ccccc3)c21. The highest BCUT2D eigenvalue weighted by atomic mass is 32.2. The third kappa shape index (κ3) is 8.71. The Hall–Kier alpha value is -11.1. The molecule has 0 aromatic heterocycles. The van der Waals surface area contributed by atoms with Crippen LogP contribution in [-0.4, -0.2) is 14.0 Å². The number of nitrogens with zero attached hydrogens (tertiary/aromatic N) is 5. The van der Waals surface area contributed by atoms with Crippen molar-refractivity contribution in [2.24, 2.45) is 0 Å². The number of para-hydroxylation sites is 9. The van der Waals surface area contributed by atoms with Crippen molar-refractivity contribution in [3.05, 3.63) is 315 Å². The van der Waals surface area contributed by atoms with Crippen LogP contribution in [0.3, 0.4) is 0 Å². The fraction of sp³-hybridized carbons (Fsp3) is 0. The summed E-state index contributed by atoms with van der Waals surface area (Å²) in [6.45, 7) is -0.238. The summed E-state index contributed by atoms with van der Waals surface area (Å²) in [6, 6.07) is 113. The lowest BCUT2D eigenvalue weighted by molar-refractivity contribution is 0.459. The molecule has 13 aromatic rings. The van der Waals surface area contributed by atoms with E-state index in [9.17, 15) is 0 Å². The fourth-order valence-corrected chi connectivity index (χ4v) is 14.6. The van der Waals surface area contributed by atoms with Crippen LogP contribution in [0.2, 0.25) is 0 Å². The van der Waals surface area contributed by atoms with Gasteiger partial charge in [0.25, 0.3) is 6.71 Å². The first-order valence-electron chi connectivity index (χ1n) is 29.9. The molecule has 414 valence electrons. The van der Waals surface area contributed by atoms with Crippen molar-refractivity contribution >= 4 is 138 Å². The molecule has 0 spiro atoms. The molecule has 0 amide bonds. The maximum Gasteiger partial charge on any atom is 0.260 e. The molecule has 0 aliphatic carbocycles. The van der Waals surface area contributed by atoms with Gasteiger partial charge in [-0.15, -0.1) is 0 Å². The molecule has 4 aliphatic heterocycles. The zero-order valence-corrected chi connectivity index (χ0v) is 48.6. The summed E-state index contributed by atoms with van der Waals surface area (Å²) in [6.07, 6.45) is 0. The molecule has 0 radical (unpaired) electrons. The van der Waals surface area contributed by atoms with E-state index in [1.54, 1.807) is 11.8 Å². The van der Waals surface area contributed by atoms with Crippen LogP contribution in [0.4, 0.5) is 85.3 Å². The lowest BCUT2D eigenvalue weighted by Gasteiger charge is -2.39. The minimum absolute atomic E-state index is 0.238. The quantitative estimate of drug-likeness (QED) is 0.119. The largest absolute Gasteiger partial charge is 0.458 e.